The maximum atomic E-state index is 12.2. The van der Waals surface area contributed by atoms with Gasteiger partial charge in [0.25, 0.3) is 0 Å². The van der Waals surface area contributed by atoms with Crippen LogP contribution in [-0.2, 0) is 11.3 Å². The summed E-state index contributed by atoms with van der Waals surface area (Å²) in [6.45, 7) is 8.64. The lowest BCUT2D eigenvalue weighted by Gasteiger charge is -2.36. The first-order valence-electron chi connectivity index (χ1n) is 7.12. The highest BCUT2D eigenvalue weighted by molar-refractivity contribution is 9.10. The van der Waals surface area contributed by atoms with Crippen molar-refractivity contribution in [2.24, 2.45) is 5.41 Å². The average molecular weight is 359 g/mol. The quantitative estimate of drug-likeness (QED) is 0.894. The van der Waals surface area contributed by atoms with Gasteiger partial charge in [-0.2, -0.15) is 0 Å². The molecule has 0 atom stereocenters. The van der Waals surface area contributed by atoms with Crippen molar-refractivity contribution >= 4 is 33.2 Å². The molecule has 2 rings (SSSR count). The second kappa shape index (κ2) is 6.58. The number of piperidine rings is 1. The number of hydrogen-bond acceptors (Lipinski definition) is 3. The van der Waals surface area contributed by atoms with Gasteiger partial charge in [0.15, 0.2) is 0 Å². The summed E-state index contributed by atoms with van der Waals surface area (Å²) in [5.74, 6) is 0.275. The van der Waals surface area contributed by atoms with Crippen LogP contribution in [0.1, 0.15) is 38.5 Å². The van der Waals surface area contributed by atoms with Crippen molar-refractivity contribution in [1.82, 2.24) is 10.2 Å². The van der Waals surface area contributed by atoms with Gasteiger partial charge in [-0.25, -0.2) is 0 Å². The van der Waals surface area contributed by atoms with Gasteiger partial charge in [-0.05, 0) is 40.2 Å². The van der Waals surface area contributed by atoms with E-state index in [0.29, 0.717) is 6.04 Å². The van der Waals surface area contributed by atoms with E-state index in [1.807, 2.05) is 25.7 Å². The van der Waals surface area contributed by atoms with Crippen molar-refractivity contribution in [1.29, 1.82) is 0 Å². The van der Waals surface area contributed by atoms with E-state index in [1.165, 1.54) is 9.35 Å². The fraction of sp³-hybridized carbons (Fsp3) is 0.667. The lowest BCUT2D eigenvalue weighted by molar-refractivity contribution is -0.140. The first kappa shape index (κ1) is 16.0. The number of carbonyl (C=O) groups excluding carboxylic acids is 1. The Labute approximate surface area is 133 Å². The number of amides is 1. The van der Waals surface area contributed by atoms with Gasteiger partial charge in [-0.1, -0.05) is 20.8 Å². The molecule has 1 aromatic heterocycles. The number of rotatable bonds is 3. The summed E-state index contributed by atoms with van der Waals surface area (Å²) in [6, 6.07) is 2.61. The maximum absolute atomic E-state index is 12.2. The fourth-order valence-electron chi connectivity index (χ4n) is 2.45. The van der Waals surface area contributed by atoms with Crippen LogP contribution in [-0.4, -0.2) is 29.9 Å². The zero-order valence-electron chi connectivity index (χ0n) is 12.4. The van der Waals surface area contributed by atoms with Crippen molar-refractivity contribution in [3.05, 3.63) is 20.8 Å². The number of nitrogens with zero attached hydrogens (tertiary/aromatic N) is 1. The van der Waals surface area contributed by atoms with Crippen LogP contribution in [0.3, 0.4) is 0 Å². The van der Waals surface area contributed by atoms with Crippen LogP contribution in [0.5, 0.6) is 0 Å². The highest BCUT2D eigenvalue weighted by atomic mass is 79.9. The van der Waals surface area contributed by atoms with Gasteiger partial charge >= 0.3 is 0 Å². The molecular formula is C15H23BrN2OS. The third-order valence-electron chi connectivity index (χ3n) is 3.67. The van der Waals surface area contributed by atoms with Crippen LogP contribution in [0.2, 0.25) is 0 Å². The Hall–Kier alpha value is -0.390. The number of hydrogen-bond donors (Lipinski definition) is 1. The lowest BCUT2D eigenvalue weighted by Crippen LogP contribution is -2.48. The second-order valence-electron chi connectivity index (χ2n) is 6.39. The molecular weight excluding hydrogens is 336 g/mol. The molecule has 1 fully saturated rings. The van der Waals surface area contributed by atoms with Gasteiger partial charge < -0.3 is 10.2 Å². The van der Waals surface area contributed by atoms with Crippen molar-refractivity contribution in [3.8, 4) is 0 Å². The highest BCUT2D eigenvalue weighted by Crippen LogP contribution is 2.24. The number of likely N-dealkylation sites (tertiary alicyclic amines) is 1. The molecule has 0 aromatic carbocycles. The third kappa shape index (κ3) is 4.06. The van der Waals surface area contributed by atoms with Crippen LogP contribution < -0.4 is 5.32 Å². The van der Waals surface area contributed by atoms with E-state index in [2.05, 4.69) is 32.7 Å². The van der Waals surface area contributed by atoms with Crippen molar-refractivity contribution in [3.63, 3.8) is 0 Å². The average Bonchev–Trinajstić information content (AvgIpc) is 2.81. The van der Waals surface area contributed by atoms with Crippen LogP contribution in [0.4, 0.5) is 0 Å². The third-order valence-corrected chi connectivity index (χ3v) is 5.59. The Morgan fingerprint density at radius 1 is 1.45 bits per heavy atom. The highest BCUT2D eigenvalue weighted by Gasteiger charge is 2.30. The van der Waals surface area contributed by atoms with E-state index in [0.717, 1.165) is 32.5 Å². The second-order valence-corrected chi connectivity index (χ2v) is 8.24. The fourth-order valence-corrected chi connectivity index (χ4v) is 3.89. The Kier molecular flexibility index (Phi) is 5.26. The van der Waals surface area contributed by atoms with Crippen LogP contribution in [0.15, 0.2) is 15.9 Å². The lowest BCUT2D eigenvalue weighted by atomic mass is 9.93. The maximum Gasteiger partial charge on any atom is 0.227 e. The topological polar surface area (TPSA) is 32.3 Å². The van der Waals surface area contributed by atoms with Gasteiger partial charge in [-0.15, -0.1) is 11.3 Å². The number of nitrogens with one attached hydrogen (secondary N) is 1. The summed E-state index contributed by atoms with van der Waals surface area (Å²) in [5, 5.41) is 5.71. The normalized spacial score (nSPS) is 17.5. The summed E-state index contributed by atoms with van der Waals surface area (Å²) < 4.78 is 1.19. The molecule has 1 N–H and O–H groups in total. The Morgan fingerprint density at radius 2 is 2.10 bits per heavy atom. The number of halogens is 1. The molecule has 112 valence electrons. The summed E-state index contributed by atoms with van der Waals surface area (Å²) in [5.41, 5.74) is -0.262. The first-order chi connectivity index (χ1) is 9.38. The molecule has 3 nitrogen and oxygen atoms in total. The van der Waals surface area contributed by atoms with Crippen LogP contribution >= 0.6 is 27.3 Å². The monoisotopic (exact) mass is 358 g/mol. The van der Waals surface area contributed by atoms with Crippen molar-refractivity contribution in [2.75, 3.05) is 13.1 Å². The molecule has 1 amide bonds. The van der Waals surface area contributed by atoms with Crippen LogP contribution in [0.25, 0.3) is 0 Å². The SMILES string of the molecule is CC(C)(C)C(=O)N1CCC(NCc2sccc2Br)CC1. The molecule has 1 aliphatic heterocycles. The predicted molar refractivity (Wildman–Crippen MR) is 87.9 cm³/mol. The standard InChI is InChI=1S/C15H23BrN2OS/c1-15(2,3)14(19)18-7-4-11(5-8-18)17-10-13-12(16)6-9-20-13/h6,9,11,17H,4-5,7-8,10H2,1-3H3. The first-order valence-corrected chi connectivity index (χ1v) is 8.80. The summed E-state index contributed by atoms with van der Waals surface area (Å²) >= 11 is 5.33. The van der Waals surface area contributed by atoms with E-state index in [4.69, 9.17) is 0 Å². The number of thiophene rings is 1. The molecule has 5 heteroatoms. The Balaban J connectivity index is 1.77. The molecule has 0 aliphatic carbocycles. The van der Waals surface area contributed by atoms with Gasteiger partial charge in [0.2, 0.25) is 5.91 Å². The minimum absolute atomic E-state index is 0.262. The minimum atomic E-state index is -0.262. The van der Waals surface area contributed by atoms with Crippen molar-refractivity contribution in [2.45, 2.75) is 46.2 Å². The predicted octanol–water partition coefficient (Wildman–Crippen LogP) is 3.64. The zero-order chi connectivity index (χ0) is 14.8. The molecule has 1 saturated heterocycles. The van der Waals surface area contributed by atoms with E-state index >= 15 is 0 Å². The molecule has 0 bridgehead atoms. The smallest absolute Gasteiger partial charge is 0.227 e. The zero-order valence-corrected chi connectivity index (χ0v) is 14.8. The van der Waals surface area contributed by atoms with E-state index in [9.17, 15) is 4.79 Å². The molecule has 0 saturated carbocycles. The molecule has 1 aliphatic rings. The molecule has 0 spiro atoms. The molecule has 1 aromatic rings. The summed E-state index contributed by atoms with van der Waals surface area (Å²) in [7, 11) is 0. The van der Waals surface area contributed by atoms with E-state index in [-0.39, 0.29) is 11.3 Å². The molecule has 2 heterocycles. The Bertz CT molecular complexity index is 459. The van der Waals surface area contributed by atoms with Gasteiger partial charge in [0.1, 0.15) is 0 Å². The van der Waals surface area contributed by atoms with Gasteiger partial charge in [0, 0.05) is 40.4 Å². The molecule has 0 unspecified atom stereocenters. The number of carbonyl (C=O) groups is 1. The van der Waals surface area contributed by atoms with E-state index in [1.54, 1.807) is 11.3 Å². The largest absolute Gasteiger partial charge is 0.342 e. The summed E-state index contributed by atoms with van der Waals surface area (Å²) in [6.07, 6.45) is 2.09. The van der Waals surface area contributed by atoms with Crippen LogP contribution in [0, 0.1) is 5.41 Å². The molecule has 20 heavy (non-hydrogen) atoms. The molecule has 0 radical (unpaired) electrons. The van der Waals surface area contributed by atoms with Crippen molar-refractivity contribution < 1.29 is 4.79 Å². The minimum Gasteiger partial charge on any atom is -0.342 e. The Morgan fingerprint density at radius 3 is 2.60 bits per heavy atom. The van der Waals surface area contributed by atoms with Gasteiger partial charge in [-0.3, -0.25) is 4.79 Å². The van der Waals surface area contributed by atoms with Gasteiger partial charge in [0.05, 0.1) is 0 Å². The summed E-state index contributed by atoms with van der Waals surface area (Å²) in [4.78, 5) is 15.6. The van der Waals surface area contributed by atoms with E-state index < -0.39 is 0 Å².